The number of rotatable bonds is 4. The zero-order valence-electron chi connectivity index (χ0n) is 10.9. The quantitative estimate of drug-likeness (QED) is 0.902. The van der Waals surface area contributed by atoms with Crippen LogP contribution in [0, 0.1) is 0 Å². The Hall–Kier alpha value is -2.05. The second-order valence-electron chi connectivity index (χ2n) is 4.29. The smallest absolute Gasteiger partial charge is 0.331 e. The second-order valence-corrected chi connectivity index (χ2v) is 5.10. The first-order chi connectivity index (χ1) is 9.90. The monoisotopic (exact) mass is 327 g/mol. The molecule has 0 aliphatic heterocycles. The molecule has 2 N–H and O–H groups in total. The fraction of sp³-hybridized carbons (Fsp3) is 0.154. The highest BCUT2D eigenvalue weighted by atomic mass is 35.5. The highest BCUT2D eigenvalue weighted by molar-refractivity contribution is 6.39. The van der Waals surface area contributed by atoms with E-state index in [2.05, 4.69) is 10.4 Å². The van der Waals surface area contributed by atoms with Gasteiger partial charge in [0.1, 0.15) is 0 Å². The Morgan fingerprint density at radius 1 is 1.33 bits per heavy atom. The molecule has 1 amide bonds. The lowest BCUT2D eigenvalue weighted by molar-refractivity contribution is -0.139. The normalized spacial score (nSPS) is 12.0. The minimum Gasteiger partial charge on any atom is -0.479 e. The van der Waals surface area contributed by atoms with Gasteiger partial charge >= 0.3 is 5.97 Å². The molecule has 2 rings (SSSR count). The van der Waals surface area contributed by atoms with E-state index in [1.54, 1.807) is 13.1 Å². The third kappa shape index (κ3) is 3.34. The number of nitrogens with zero attached hydrogens (tertiary/aromatic N) is 2. The molecule has 0 saturated carbocycles. The molecule has 1 aromatic carbocycles. The average Bonchev–Trinajstić information content (AvgIpc) is 2.81. The molecular formula is C13H11Cl2N3O3. The van der Waals surface area contributed by atoms with Crippen LogP contribution in [0.5, 0.6) is 0 Å². The second kappa shape index (κ2) is 6.15. The molecule has 1 aromatic heterocycles. The van der Waals surface area contributed by atoms with Crippen LogP contribution in [0.3, 0.4) is 0 Å². The number of carbonyl (C=O) groups excluding carboxylic acids is 1. The van der Waals surface area contributed by atoms with Gasteiger partial charge in [-0.25, -0.2) is 4.79 Å². The summed E-state index contributed by atoms with van der Waals surface area (Å²) in [6.45, 7) is 0. The van der Waals surface area contributed by atoms with Crippen molar-refractivity contribution < 1.29 is 14.7 Å². The molecule has 0 bridgehead atoms. The van der Waals surface area contributed by atoms with Gasteiger partial charge in [0.15, 0.2) is 6.04 Å². The van der Waals surface area contributed by atoms with E-state index in [-0.39, 0.29) is 15.6 Å². The molecule has 0 radical (unpaired) electrons. The van der Waals surface area contributed by atoms with Crippen LogP contribution in [0.2, 0.25) is 10.0 Å². The average molecular weight is 328 g/mol. The largest absolute Gasteiger partial charge is 0.479 e. The highest BCUT2D eigenvalue weighted by Crippen LogP contribution is 2.25. The van der Waals surface area contributed by atoms with Crippen molar-refractivity contribution in [1.82, 2.24) is 15.1 Å². The van der Waals surface area contributed by atoms with Crippen LogP contribution in [-0.4, -0.2) is 26.8 Å². The maximum Gasteiger partial charge on any atom is 0.331 e. The maximum atomic E-state index is 12.2. The Morgan fingerprint density at radius 2 is 1.95 bits per heavy atom. The van der Waals surface area contributed by atoms with Crippen molar-refractivity contribution in [2.75, 3.05) is 0 Å². The van der Waals surface area contributed by atoms with E-state index >= 15 is 0 Å². The summed E-state index contributed by atoms with van der Waals surface area (Å²) in [5, 5.41) is 15.8. The van der Waals surface area contributed by atoms with E-state index in [1.165, 1.54) is 29.2 Å². The molecule has 0 aliphatic carbocycles. The SMILES string of the molecule is Cn1cc(C(NC(=O)c2c(Cl)cccc2Cl)C(=O)O)cn1. The number of carbonyl (C=O) groups is 2. The Morgan fingerprint density at radius 3 is 2.43 bits per heavy atom. The van der Waals surface area contributed by atoms with Crippen LogP contribution in [0.4, 0.5) is 0 Å². The molecular weight excluding hydrogens is 317 g/mol. The number of halogens is 2. The number of aliphatic carboxylic acids is 1. The van der Waals surface area contributed by atoms with Gasteiger partial charge in [0.2, 0.25) is 0 Å². The van der Waals surface area contributed by atoms with Gasteiger partial charge in [-0.3, -0.25) is 9.48 Å². The van der Waals surface area contributed by atoms with E-state index in [0.717, 1.165) is 0 Å². The number of aryl methyl sites for hydroxylation is 1. The number of amides is 1. The number of carboxylic acids is 1. The van der Waals surface area contributed by atoms with Gasteiger partial charge in [-0.2, -0.15) is 5.10 Å². The van der Waals surface area contributed by atoms with Gasteiger partial charge in [-0.15, -0.1) is 0 Å². The number of benzene rings is 1. The lowest BCUT2D eigenvalue weighted by atomic mass is 10.1. The zero-order chi connectivity index (χ0) is 15.6. The van der Waals surface area contributed by atoms with Crippen LogP contribution in [0.1, 0.15) is 22.0 Å². The minimum atomic E-state index is -1.24. The van der Waals surface area contributed by atoms with Crippen molar-refractivity contribution >= 4 is 35.1 Å². The maximum absolute atomic E-state index is 12.2. The van der Waals surface area contributed by atoms with Gasteiger partial charge in [-0.1, -0.05) is 29.3 Å². The third-order valence-corrected chi connectivity index (χ3v) is 3.40. The number of hydrogen-bond acceptors (Lipinski definition) is 3. The Balaban J connectivity index is 2.29. The van der Waals surface area contributed by atoms with Crippen LogP contribution in [0.25, 0.3) is 0 Å². The van der Waals surface area contributed by atoms with Crippen LogP contribution in [0.15, 0.2) is 30.6 Å². The summed E-state index contributed by atoms with van der Waals surface area (Å²) in [5.74, 6) is -1.87. The highest BCUT2D eigenvalue weighted by Gasteiger charge is 2.25. The van der Waals surface area contributed by atoms with Crippen LogP contribution >= 0.6 is 23.2 Å². The van der Waals surface area contributed by atoms with E-state index < -0.39 is 17.9 Å². The minimum absolute atomic E-state index is 0.0379. The first-order valence-electron chi connectivity index (χ1n) is 5.86. The van der Waals surface area contributed by atoms with Gasteiger partial charge < -0.3 is 10.4 Å². The van der Waals surface area contributed by atoms with Crippen molar-refractivity contribution in [2.45, 2.75) is 6.04 Å². The van der Waals surface area contributed by atoms with Crippen molar-refractivity contribution in [2.24, 2.45) is 7.05 Å². The van der Waals surface area contributed by atoms with E-state index in [4.69, 9.17) is 23.2 Å². The number of carboxylic acid groups (broad SMARTS) is 1. The molecule has 6 nitrogen and oxygen atoms in total. The fourth-order valence-corrected chi connectivity index (χ4v) is 2.36. The van der Waals surface area contributed by atoms with E-state index in [9.17, 15) is 14.7 Å². The number of hydrogen-bond donors (Lipinski definition) is 2. The van der Waals surface area contributed by atoms with Gasteiger partial charge in [0.25, 0.3) is 5.91 Å². The van der Waals surface area contributed by atoms with Crippen molar-refractivity contribution in [3.05, 3.63) is 51.8 Å². The molecule has 0 fully saturated rings. The summed E-state index contributed by atoms with van der Waals surface area (Å²) in [4.78, 5) is 23.5. The zero-order valence-corrected chi connectivity index (χ0v) is 12.4. The molecule has 2 aromatic rings. The molecule has 1 heterocycles. The lowest BCUT2D eigenvalue weighted by Gasteiger charge is -2.14. The predicted molar refractivity (Wildman–Crippen MR) is 77.5 cm³/mol. The Labute approximate surface area is 130 Å². The molecule has 8 heteroatoms. The first kappa shape index (κ1) is 15.3. The Kier molecular flexibility index (Phi) is 4.50. The predicted octanol–water partition coefficient (Wildman–Crippen LogP) is 2.28. The molecule has 0 spiro atoms. The first-order valence-corrected chi connectivity index (χ1v) is 6.62. The summed E-state index contributed by atoms with van der Waals surface area (Å²) in [5.41, 5.74) is 0.387. The lowest BCUT2D eigenvalue weighted by Crippen LogP contribution is -2.33. The summed E-state index contributed by atoms with van der Waals surface area (Å²) in [7, 11) is 1.65. The number of aromatic nitrogens is 2. The van der Waals surface area contributed by atoms with Gasteiger partial charge in [0, 0.05) is 18.8 Å². The molecule has 1 atom stereocenters. The van der Waals surface area contributed by atoms with Gasteiger partial charge in [0.05, 0.1) is 21.8 Å². The molecule has 0 saturated heterocycles. The van der Waals surface area contributed by atoms with Crippen LogP contribution in [-0.2, 0) is 11.8 Å². The molecule has 0 aliphatic rings. The third-order valence-electron chi connectivity index (χ3n) is 2.77. The standard InChI is InChI=1S/C13H11Cl2N3O3/c1-18-6-7(5-16-18)11(13(20)21)17-12(19)10-8(14)3-2-4-9(10)15/h2-6,11H,1H3,(H,17,19)(H,20,21). The van der Waals surface area contributed by atoms with Gasteiger partial charge in [-0.05, 0) is 12.1 Å². The van der Waals surface area contributed by atoms with Crippen molar-refractivity contribution in [3.63, 3.8) is 0 Å². The summed E-state index contributed by atoms with van der Waals surface area (Å²) in [6.07, 6.45) is 2.88. The molecule has 21 heavy (non-hydrogen) atoms. The number of nitrogens with one attached hydrogen (secondary N) is 1. The van der Waals surface area contributed by atoms with Crippen molar-refractivity contribution in [1.29, 1.82) is 0 Å². The molecule has 1 unspecified atom stereocenters. The fourth-order valence-electron chi connectivity index (χ4n) is 1.79. The van der Waals surface area contributed by atoms with E-state index in [0.29, 0.717) is 5.56 Å². The van der Waals surface area contributed by atoms with E-state index in [1.807, 2.05) is 0 Å². The van der Waals surface area contributed by atoms with Crippen molar-refractivity contribution in [3.8, 4) is 0 Å². The summed E-state index contributed by atoms with van der Waals surface area (Å²) >= 11 is 11.9. The Bertz CT molecular complexity index is 679. The summed E-state index contributed by atoms with van der Waals surface area (Å²) < 4.78 is 1.44. The summed E-state index contributed by atoms with van der Waals surface area (Å²) in [6, 6.07) is 3.36. The van der Waals surface area contributed by atoms with Crippen LogP contribution < -0.4 is 5.32 Å². The molecule has 110 valence electrons. The topological polar surface area (TPSA) is 84.2 Å².